The van der Waals surface area contributed by atoms with Crippen molar-refractivity contribution in [3.05, 3.63) is 54.0 Å². The van der Waals surface area contributed by atoms with Crippen molar-refractivity contribution in [2.24, 2.45) is 0 Å². The first-order chi connectivity index (χ1) is 11.3. The summed E-state index contributed by atoms with van der Waals surface area (Å²) in [6.07, 6.45) is 5.41. The average Bonchev–Trinajstić information content (AvgIpc) is 2.60. The van der Waals surface area contributed by atoms with Gasteiger partial charge in [0.05, 0.1) is 5.39 Å². The number of rotatable bonds is 3. The van der Waals surface area contributed by atoms with E-state index in [2.05, 4.69) is 34.0 Å². The van der Waals surface area contributed by atoms with E-state index >= 15 is 0 Å². The zero-order chi connectivity index (χ0) is 15.6. The Hall–Kier alpha value is -2.69. The molecule has 0 radical (unpaired) electrons. The summed E-state index contributed by atoms with van der Waals surface area (Å²) in [7, 11) is 2.07. The Kier molecular flexibility index (Phi) is 3.54. The van der Waals surface area contributed by atoms with Gasteiger partial charge >= 0.3 is 0 Å². The Morgan fingerprint density at radius 3 is 2.96 bits per heavy atom. The number of benzene rings is 1. The summed E-state index contributed by atoms with van der Waals surface area (Å²) in [6, 6.07) is 10.2. The van der Waals surface area contributed by atoms with Gasteiger partial charge in [-0.3, -0.25) is 0 Å². The van der Waals surface area contributed by atoms with Gasteiger partial charge in [0.25, 0.3) is 0 Å². The molecule has 0 saturated carbocycles. The number of nitrogens with zero attached hydrogens (tertiary/aromatic N) is 4. The second-order valence-corrected chi connectivity index (χ2v) is 5.80. The Morgan fingerprint density at radius 1 is 1.22 bits per heavy atom. The van der Waals surface area contributed by atoms with Gasteiger partial charge in [-0.1, -0.05) is 30.3 Å². The van der Waals surface area contributed by atoms with Gasteiger partial charge in [-0.05, 0) is 18.4 Å². The first-order valence-corrected chi connectivity index (χ1v) is 7.83. The van der Waals surface area contributed by atoms with E-state index in [9.17, 15) is 0 Å². The smallest absolute Gasteiger partial charge is 0.168 e. The van der Waals surface area contributed by atoms with Crippen LogP contribution in [0.5, 0.6) is 5.75 Å². The van der Waals surface area contributed by atoms with Gasteiger partial charge < -0.3 is 9.64 Å². The number of pyridine rings is 1. The summed E-state index contributed by atoms with van der Waals surface area (Å²) in [5, 5.41) is 0.887. The standard InChI is InChI=1S/C18H18N4O/c1-22-9-5-8-14-16(23-11-13-6-3-2-4-7-13)15-10-19-12-20-17(15)21-18(14)22/h2-4,6-7,10,12H,5,8-9,11H2,1H3. The Labute approximate surface area is 135 Å². The van der Waals surface area contributed by atoms with Crippen LogP contribution in [0.15, 0.2) is 42.9 Å². The van der Waals surface area contributed by atoms with E-state index in [4.69, 9.17) is 9.72 Å². The number of hydrogen-bond acceptors (Lipinski definition) is 5. The summed E-state index contributed by atoms with van der Waals surface area (Å²) in [5.41, 5.74) is 3.00. The zero-order valence-electron chi connectivity index (χ0n) is 13.1. The molecule has 3 heterocycles. The number of anilines is 1. The predicted molar refractivity (Wildman–Crippen MR) is 89.7 cm³/mol. The van der Waals surface area contributed by atoms with Crippen LogP contribution in [0.4, 0.5) is 5.82 Å². The fourth-order valence-electron chi connectivity index (χ4n) is 3.04. The maximum absolute atomic E-state index is 6.21. The van der Waals surface area contributed by atoms with Crippen molar-refractivity contribution in [1.29, 1.82) is 0 Å². The summed E-state index contributed by atoms with van der Waals surface area (Å²) in [5.74, 6) is 1.85. The van der Waals surface area contributed by atoms with Crippen molar-refractivity contribution >= 4 is 16.9 Å². The lowest BCUT2D eigenvalue weighted by Gasteiger charge is -2.28. The highest BCUT2D eigenvalue weighted by molar-refractivity contribution is 5.86. The third-order valence-electron chi connectivity index (χ3n) is 4.20. The van der Waals surface area contributed by atoms with Crippen molar-refractivity contribution in [2.75, 3.05) is 18.5 Å². The van der Waals surface area contributed by atoms with E-state index in [1.165, 1.54) is 6.33 Å². The number of hydrogen-bond donors (Lipinski definition) is 0. The molecule has 2 aromatic heterocycles. The Balaban J connectivity index is 1.80. The first kappa shape index (κ1) is 13.9. The molecule has 4 rings (SSSR count). The van der Waals surface area contributed by atoms with E-state index in [1.807, 2.05) is 18.2 Å². The lowest BCUT2D eigenvalue weighted by atomic mass is 10.0. The molecule has 116 valence electrons. The van der Waals surface area contributed by atoms with Crippen LogP contribution in [0.3, 0.4) is 0 Å². The van der Waals surface area contributed by atoms with Crippen LogP contribution in [-0.4, -0.2) is 28.5 Å². The van der Waals surface area contributed by atoms with Gasteiger partial charge in [0, 0.05) is 25.4 Å². The Bertz CT molecular complexity index is 835. The van der Waals surface area contributed by atoms with Crippen molar-refractivity contribution in [1.82, 2.24) is 15.0 Å². The summed E-state index contributed by atoms with van der Waals surface area (Å²) < 4.78 is 6.21. The third-order valence-corrected chi connectivity index (χ3v) is 4.20. The second kappa shape index (κ2) is 5.83. The third kappa shape index (κ3) is 2.59. The van der Waals surface area contributed by atoms with Gasteiger partial charge in [-0.2, -0.15) is 0 Å². The van der Waals surface area contributed by atoms with Gasteiger partial charge in [0.1, 0.15) is 24.5 Å². The fourth-order valence-corrected chi connectivity index (χ4v) is 3.04. The topological polar surface area (TPSA) is 51.1 Å². The molecule has 0 spiro atoms. The fraction of sp³-hybridized carbons (Fsp3) is 0.278. The summed E-state index contributed by atoms with van der Waals surface area (Å²) >= 11 is 0. The van der Waals surface area contributed by atoms with E-state index < -0.39 is 0 Å². The van der Waals surface area contributed by atoms with Gasteiger partial charge in [0.15, 0.2) is 5.65 Å². The number of aromatic nitrogens is 3. The SMILES string of the molecule is CN1CCCc2c1nc1ncncc1c2OCc1ccccc1. The monoisotopic (exact) mass is 306 g/mol. The molecule has 0 saturated heterocycles. The van der Waals surface area contributed by atoms with Crippen LogP contribution in [0.25, 0.3) is 11.0 Å². The molecule has 23 heavy (non-hydrogen) atoms. The molecule has 0 N–H and O–H groups in total. The van der Waals surface area contributed by atoms with E-state index in [0.29, 0.717) is 12.3 Å². The van der Waals surface area contributed by atoms with Crippen LogP contribution >= 0.6 is 0 Å². The highest BCUT2D eigenvalue weighted by Gasteiger charge is 2.23. The molecule has 1 aliphatic rings. The highest BCUT2D eigenvalue weighted by Crippen LogP contribution is 2.37. The number of ether oxygens (including phenoxy) is 1. The molecule has 0 amide bonds. The van der Waals surface area contributed by atoms with E-state index in [0.717, 1.165) is 47.5 Å². The Morgan fingerprint density at radius 2 is 2.09 bits per heavy atom. The molecule has 0 atom stereocenters. The van der Waals surface area contributed by atoms with Crippen LogP contribution < -0.4 is 9.64 Å². The lowest BCUT2D eigenvalue weighted by Crippen LogP contribution is -2.26. The van der Waals surface area contributed by atoms with E-state index in [-0.39, 0.29) is 0 Å². The second-order valence-electron chi connectivity index (χ2n) is 5.80. The van der Waals surface area contributed by atoms with E-state index in [1.54, 1.807) is 6.20 Å². The van der Waals surface area contributed by atoms with Crippen LogP contribution in [0.2, 0.25) is 0 Å². The molecule has 1 aliphatic heterocycles. The highest BCUT2D eigenvalue weighted by atomic mass is 16.5. The number of fused-ring (bicyclic) bond motifs is 2. The van der Waals surface area contributed by atoms with Crippen molar-refractivity contribution < 1.29 is 4.74 Å². The molecule has 3 aromatic rings. The largest absolute Gasteiger partial charge is 0.488 e. The first-order valence-electron chi connectivity index (χ1n) is 7.83. The minimum atomic E-state index is 0.533. The van der Waals surface area contributed by atoms with Crippen molar-refractivity contribution in [3.8, 4) is 5.75 Å². The van der Waals surface area contributed by atoms with Crippen LogP contribution in [0.1, 0.15) is 17.5 Å². The maximum Gasteiger partial charge on any atom is 0.168 e. The molecule has 0 bridgehead atoms. The van der Waals surface area contributed by atoms with Gasteiger partial charge in [-0.15, -0.1) is 0 Å². The molecule has 1 aromatic carbocycles. The van der Waals surface area contributed by atoms with Gasteiger partial charge in [-0.25, -0.2) is 15.0 Å². The predicted octanol–water partition coefficient (Wildman–Crippen LogP) is 2.99. The molecular formula is C18H18N4O. The molecule has 0 fully saturated rings. The van der Waals surface area contributed by atoms with Crippen LogP contribution in [-0.2, 0) is 13.0 Å². The summed E-state index contributed by atoms with van der Waals surface area (Å²) in [4.78, 5) is 15.3. The zero-order valence-corrected chi connectivity index (χ0v) is 13.1. The minimum Gasteiger partial charge on any atom is -0.488 e. The quantitative estimate of drug-likeness (QED) is 0.744. The van der Waals surface area contributed by atoms with Crippen molar-refractivity contribution in [2.45, 2.75) is 19.4 Å². The molecular weight excluding hydrogens is 288 g/mol. The normalized spacial score (nSPS) is 13.9. The van der Waals surface area contributed by atoms with Crippen molar-refractivity contribution in [3.63, 3.8) is 0 Å². The molecule has 5 heteroatoms. The molecule has 0 aliphatic carbocycles. The lowest BCUT2D eigenvalue weighted by molar-refractivity contribution is 0.306. The summed E-state index contributed by atoms with van der Waals surface area (Å²) in [6.45, 7) is 1.54. The molecule has 5 nitrogen and oxygen atoms in total. The maximum atomic E-state index is 6.21. The molecule has 0 unspecified atom stereocenters. The van der Waals surface area contributed by atoms with Crippen LogP contribution in [0, 0.1) is 0 Å². The van der Waals surface area contributed by atoms with Gasteiger partial charge in [0.2, 0.25) is 0 Å². The minimum absolute atomic E-state index is 0.533. The average molecular weight is 306 g/mol.